The molecule has 0 atom stereocenters. The Hall–Kier alpha value is -1.62. The molecule has 4 nitrogen and oxygen atoms in total. The Bertz CT molecular complexity index is 619. The molecular formula is C11H9BrN2O2. The highest BCUT2D eigenvalue weighted by Gasteiger charge is 2.04. The molecular weight excluding hydrogens is 272 g/mol. The molecule has 2 N–H and O–H groups in total. The number of pyridine rings is 1. The Morgan fingerprint density at radius 2 is 2.12 bits per heavy atom. The lowest BCUT2D eigenvalue weighted by atomic mass is 10.2. The molecule has 16 heavy (non-hydrogen) atoms. The van der Waals surface area contributed by atoms with Crippen LogP contribution in [0.2, 0.25) is 0 Å². The average molecular weight is 281 g/mol. The zero-order valence-corrected chi connectivity index (χ0v) is 9.90. The molecule has 1 heterocycles. The maximum absolute atomic E-state index is 11.6. The number of fused-ring (bicyclic) bond motifs is 1. The molecule has 2 aromatic rings. The first-order valence-electron chi connectivity index (χ1n) is 4.65. The Balaban J connectivity index is 2.74. The van der Waals surface area contributed by atoms with E-state index in [1.165, 1.54) is 6.07 Å². The molecule has 0 saturated heterocycles. The fourth-order valence-electron chi connectivity index (χ4n) is 1.59. The summed E-state index contributed by atoms with van der Waals surface area (Å²) in [5.74, 6) is -0.437. The monoisotopic (exact) mass is 280 g/mol. The van der Waals surface area contributed by atoms with Gasteiger partial charge in [-0.3, -0.25) is 9.59 Å². The van der Waals surface area contributed by atoms with Gasteiger partial charge in [0.1, 0.15) is 6.54 Å². The molecule has 1 aromatic heterocycles. The van der Waals surface area contributed by atoms with E-state index >= 15 is 0 Å². The fourth-order valence-corrected chi connectivity index (χ4v) is 1.95. The second-order valence-corrected chi connectivity index (χ2v) is 4.35. The van der Waals surface area contributed by atoms with E-state index < -0.39 is 5.91 Å². The number of rotatable bonds is 2. The minimum Gasteiger partial charge on any atom is -0.368 e. The second kappa shape index (κ2) is 4.09. The largest absolute Gasteiger partial charge is 0.368 e. The average Bonchev–Trinajstić information content (AvgIpc) is 2.22. The molecule has 0 aliphatic heterocycles. The molecule has 0 radical (unpaired) electrons. The molecule has 2 rings (SSSR count). The van der Waals surface area contributed by atoms with Crippen molar-refractivity contribution in [1.29, 1.82) is 0 Å². The molecule has 0 bridgehead atoms. The van der Waals surface area contributed by atoms with Gasteiger partial charge in [-0.05, 0) is 18.2 Å². The summed E-state index contributed by atoms with van der Waals surface area (Å²) in [7, 11) is 0. The topological polar surface area (TPSA) is 65.1 Å². The van der Waals surface area contributed by atoms with Crippen molar-refractivity contribution in [3.8, 4) is 0 Å². The van der Waals surface area contributed by atoms with Gasteiger partial charge in [-0.1, -0.05) is 15.9 Å². The van der Waals surface area contributed by atoms with E-state index in [0.29, 0.717) is 10.9 Å². The van der Waals surface area contributed by atoms with Crippen molar-refractivity contribution in [2.75, 3.05) is 0 Å². The number of primary amides is 1. The summed E-state index contributed by atoms with van der Waals surface area (Å²) < 4.78 is 2.49. The molecule has 0 fully saturated rings. The van der Waals surface area contributed by atoms with Gasteiger partial charge in [-0.15, -0.1) is 0 Å². The van der Waals surface area contributed by atoms with Gasteiger partial charge in [-0.2, -0.15) is 0 Å². The van der Waals surface area contributed by atoms with E-state index in [9.17, 15) is 9.59 Å². The van der Waals surface area contributed by atoms with Crippen LogP contribution in [0.4, 0.5) is 0 Å². The van der Waals surface area contributed by atoms with Crippen LogP contribution in [0.25, 0.3) is 10.9 Å². The van der Waals surface area contributed by atoms with Crippen LogP contribution in [-0.2, 0) is 11.3 Å². The van der Waals surface area contributed by atoms with Crippen LogP contribution in [0.1, 0.15) is 0 Å². The van der Waals surface area contributed by atoms with Gasteiger partial charge in [-0.25, -0.2) is 0 Å². The van der Waals surface area contributed by atoms with Crippen molar-refractivity contribution in [2.45, 2.75) is 6.54 Å². The smallest absolute Gasteiger partial charge is 0.237 e. The highest BCUT2D eigenvalue weighted by molar-refractivity contribution is 9.10. The Kier molecular flexibility index (Phi) is 2.78. The van der Waals surface area contributed by atoms with Gasteiger partial charge < -0.3 is 10.3 Å². The zero-order chi connectivity index (χ0) is 11.7. The maximum atomic E-state index is 11.6. The Morgan fingerprint density at radius 1 is 1.38 bits per heavy atom. The molecule has 0 spiro atoms. The molecule has 0 unspecified atom stereocenters. The van der Waals surface area contributed by atoms with Crippen molar-refractivity contribution < 1.29 is 4.79 Å². The van der Waals surface area contributed by atoms with Crippen LogP contribution in [0, 0.1) is 0 Å². The van der Waals surface area contributed by atoms with Crippen molar-refractivity contribution >= 4 is 32.7 Å². The minimum atomic E-state index is -0.437. The van der Waals surface area contributed by atoms with Crippen molar-refractivity contribution in [1.82, 2.24) is 4.57 Å². The highest BCUT2D eigenvalue weighted by Crippen LogP contribution is 2.16. The number of amides is 1. The van der Waals surface area contributed by atoms with E-state index in [-0.39, 0.29) is 12.0 Å². The number of hydrogen-bond donors (Lipinski definition) is 1. The second-order valence-electron chi connectivity index (χ2n) is 3.44. The van der Waals surface area contributed by atoms with Crippen LogP contribution >= 0.6 is 15.9 Å². The lowest BCUT2D eigenvalue weighted by molar-refractivity contribution is -0.118. The van der Waals surface area contributed by atoms with E-state index in [1.807, 2.05) is 6.07 Å². The number of nitrogens with zero attached hydrogens (tertiary/aromatic N) is 1. The lowest BCUT2D eigenvalue weighted by Crippen LogP contribution is -2.20. The predicted molar refractivity (Wildman–Crippen MR) is 65.1 cm³/mol. The van der Waals surface area contributed by atoms with Crippen molar-refractivity contribution in [2.24, 2.45) is 5.73 Å². The van der Waals surface area contributed by atoms with Gasteiger partial charge in [0.25, 0.3) is 0 Å². The third kappa shape index (κ3) is 1.99. The molecule has 82 valence electrons. The summed E-state index contributed by atoms with van der Waals surface area (Å²) in [6.45, 7) is 0.0679. The first-order chi connectivity index (χ1) is 7.58. The summed E-state index contributed by atoms with van der Waals surface area (Å²) in [5.41, 5.74) is 5.77. The van der Waals surface area contributed by atoms with Crippen molar-refractivity contribution in [3.63, 3.8) is 0 Å². The molecule has 5 heteroatoms. The Labute approximate surface area is 99.8 Å². The van der Waals surface area contributed by atoms with Gasteiger partial charge in [0.2, 0.25) is 5.91 Å². The van der Waals surface area contributed by atoms with Crippen LogP contribution < -0.4 is 11.2 Å². The predicted octanol–water partition coefficient (Wildman–Crippen LogP) is 1.25. The van der Waals surface area contributed by atoms with Crippen LogP contribution in [0.15, 0.2) is 39.7 Å². The third-order valence-electron chi connectivity index (χ3n) is 2.27. The number of hydrogen-bond acceptors (Lipinski definition) is 2. The normalized spacial score (nSPS) is 10.6. The van der Waals surface area contributed by atoms with E-state index in [1.54, 1.807) is 22.9 Å². The minimum absolute atomic E-state index is 0.0679. The summed E-state index contributed by atoms with van der Waals surface area (Å²) >= 11 is 3.30. The summed E-state index contributed by atoms with van der Waals surface area (Å²) in [6, 6.07) is 6.76. The number of halogens is 1. The summed E-state index contributed by atoms with van der Waals surface area (Å²) in [5, 5.41) is 0.568. The number of carbonyl (C=O) groups excluding carboxylic acids is 1. The molecule has 1 amide bonds. The van der Waals surface area contributed by atoms with Crippen LogP contribution in [-0.4, -0.2) is 10.5 Å². The summed E-state index contributed by atoms with van der Waals surface area (Å²) in [6.07, 6.45) is 1.57. The molecule has 0 aliphatic carbocycles. The summed E-state index contributed by atoms with van der Waals surface area (Å²) in [4.78, 5) is 22.5. The Morgan fingerprint density at radius 3 is 2.81 bits per heavy atom. The third-order valence-corrected chi connectivity index (χ3v) is 2.76. The number of benzene rings is 1. The van der Waals surface area contributed by atoms with E-state index in [2.05, 4.69) is 15.9 Å². The first kappa shape index (κ1) is 10.9. The lowest BCUT2D eigenvalue weighted by Gasteiger charge is -2.08. The molecule has 0 aliphatic rings. The quantitative estimate of drug-likeness (QED) is 0.900. The van der Waals surface area contributed by atoms with E-state index in [4.69, 9.17) is 5.73 Å². The number of carbonyl (C=O) groups is 1. The van der Waals surface area contributed by atoms with Gasteiger partial charge >= 0.3 is 0 Å². The van der Waals surface area contributed by atoms with Gasteiger partial charge in [0.05, 0.1) is 5.52 Å². The van der Waals surface area contributed by atoms with Crippen LogP contribution in [0.3, 0.4) is 0 Å². The number of nitrogens with two attached hydrogens (primary N) is 1. The van der Waals surface area contributed by atoms with Gasteiger partial charge in [0, 0.05) is 22.1 Å². The number of aromatic nitrogens is 1. The fraction of sp³-hybridized carbons (Fsp3) is 0.0909. The SMILES string of the molecule is NC(=O)Cn1ccc(=O)c2cc(Br)ccc21. The zero-order valence-electron chi connectivity index (χ0n) is 8.31. The van der Waals surface area contributed by atoms with E-state index in [0.717, 1.165) is 4.47 Å². The standard InChI is InChI=1S/C11H9BrN2O2/c12-7-1-2-9-8(5-7)10(15)3-4-14(9)6-11(13)16/h1-5H,6H2,(H2,13,16). The maximum Gasteiger partial charge on any atom is 0.237 e. The highest BCUT2D eigenvalue weighted by atomic mass is 79.9. The molecule has 1 aromatic carbocycles. The van der Waals surface area contributed by atoms with Crippen LogP contribution in [0.5, 0.6) is 0 Å². The molecule has 0 saturated carbocycles. The van der Waals surface area contributed by atoms with Crippen molar-refractivity contribution in [3.05, 3.63) is 45.2 Å². The first-order valence-corrected chi connectivity index (χ1v) is 5.44. The van der Waals surface area contributed by atoms with Gasteiger partial charge in [0.15, 0.2) is 5.43 Å².